The van der Waals surface area contributed by atoms with E-state index in [1.54, 1.807) is 18.3 Å². The van der Waals surface area contributed by atoms with E-state index < -0.39 is 30.7 Å². The molecule has 0 aliphatic rings. The summed E-state index contributed by atoms with van der Waals surface area (Å²) >= 11 is 3.14. The highest BCUT2D eigenvalue weighted by atomic mass is 79.9. The van der Waals surface area contributed by atoms with Gasteiger partial charge in [0.1, 0.15) is 13.1 Å². The van der Waals surface area contributed by atoms with E-state index in [0.29, 0.717) is 10.0 Å². The molecule has 1 amide bonds. The fourth-order valence-electron chi connectivity index (χ4n) is 1.27. The van der Waals surface area contributed by atoms with Crippen molar-refractivity contribution in [3.63, 3.8) is 0 Å². The molecule has 0 spiro atoms. The summed E-state index contributed by atoms with van der Waals surface area (Å²) < 4.78 is 37.2. The van der Waals surface area contributed by atoms with Crippen LogP contribution in [0.1, 0.15) is 5.56 Å². The highest BCUT2D eigenvalue weighted by Gasteiger charge is 2.27. The normalized spacial score (nSPS) is 11.4. The van der Waals surface area contributed by atoms with Crippen molar-refractivity contribution in [1.82, 2.24) is 9.88 Å². The second-order valence-corrected chi connectivity index (χ2v) is 4.58. The zero-order valence-electron chi connectivity index (χ0n) is 9.34. The molecular formula is C10H10BrF3N2O2. The molecule has 1 aromatic rings. The summed E-state index contributed by atoms with van der Waals surface area (Å²) in [6.07, 6.45) is -3.11. The van der Waals surface area contributed by atoms with E-state index >= 15 is 0 Å². The van der Waals surface area contributed by atoms with Crippen LogP contribution >= 0.6 is 15.9 Å². The number of aromatic nitrogens is 1. The van der Waals surface area contributed by atoms with Crippen LogP contribution in [0.25, 0.3) is 0 Å². The SMILES string of the molecule is Cc1cc(Br)cn(CC(=O)NCC(F)(F)F)c1=O. The molecule has 0 saturated heterocycles. The molecular weight excluding hydrogens is 317 g/mol. The summed E-state index contributed by atoms with van der Waals surface area (Å²) in [6, 6.07) is 1.56. The van der Waals surface area contributed by atoms with Crippen molar-refractivity contribution in [2.24, 2.45) is 0 Å². The predicted octanol–water partition coefficient (Wildman–Crippen LogP) is 1.60. The molecule has 0 radical (unpaired) electrons. The summed E-state index contributed by atoms with van der Waals surface area (Å²) in [6.45, 7) is -0.306. The highest BCUT2D eigenvalue weighted by Crippen LogP contribution is 2.12. The van der Waals surface area contributed by atoms with Crippen LogP contribution in [-0.4, -0.2) is 23.2 Å². The zero-order valence-corrected chi connectivity index (χ0v) is 10.9. The van der Waals surface area contributed by atoms with E-state index in [1.165, 1.54) is 6.20 Å². The smallest absolute Gasteiger partial charge is 0.345 e. The van der Waals surface area contributed by atoms with Crippen molar-refractivity contribution in [1.29, 1.82) is 0 Å². The van der Waals surface area contributed by atoms with Gasteiger partial charge in [0.05, 0.1) is 0 Å². The van der Waals surface area contributed by atoms with E-state index in [1.807, 2.05) is 0 Å². The van der Waals surface area contributed by atoms with Crippen LogP contribution in [0.15, 0.2) is 21.5 Å². The van der Waals surface area contributed by atoms with Crippen molar-refractivity contribution in [2.75, 3.05) is 6.54 Å². The molecule has 8 heteroatoms. The van der Waals surface area contributed by atoms with Crippen molar-refractivity contribution in [3.8, 4) is 0 Å². The Balaban J connectivity index is 2.74. The average molecular weight is 327 g/mol. The van der Waals surface area contributed by atoms with Gasteiger partial charge in [-0.15, -0.1) is 0 Å². The van der Waals surface area contributed by atoms with Gasteiger partial charge in [0, 0.05) is 16.2 Å². The van der Waals surface area contributed by atoms with Gasteiger partial charge in [0.2, 0.25) is 5.91 Å². The summed E-state index contributed by atoms with van der Waals surface area (Å²) in [5, 5.41) is 1.70. The van der Waals surface area contributed by atoms with E-state index in [0.717, 1.165) is 4.57 Å². The molecule has 1 N–H and O–H groups in total. The number of carbonyl (C=O) groups is 1. The van der Waals surface area contributed by atoms with Crippen LogP contribution in [0.2, 0.25) is 0 Å². The first-order valence-electron chi connectivity index (χ1n) is 4.89. The molecule has 1 rings (SSSR count). The second kappa shape index (κ2) is 5.55. The Morgan fingerprint density at radius 2 is 2.11 bits per heavy atom. The minimum absolute atomic E-state index is 0.396. The van der Waals surface area contributed by atoms with Gasteiger partial charge in [-0.2, -0.15) is 13.2 Å². The van der Waals surface area contributed by atoms with E-state index in [2.05, 4.69) is 15.9 Å². The lowest BCUT2D eigenvalue weighted by Crippen LogP contribution is -2.38. The van der Waals surface area contributed by atoms with Crippen LogP contribution in [0.5, 0.6) is 0 Å². The topological polar surface area (TPSA) is 51.1 Å². The number of pyridine rings is 1. The number of rotatable bonds is 3. The summed E-state index contributed by atoms with van der Waals surface area (Å²) in [4.78, 5) is 22.8. The van der Waals surface area contributed by atoms with Gasteiger partial charge in [0.25, 0.3) is 5.56 Å². The molecule has 1 heterocycles. The van der Waals surface area contributed by atoms with Crippen molar-refractivity contribution >= 4 is 21.8 Å². The maximum absolute atomic E-state index is 11.9. The van der Waals surface area contributed by atoms with Crippen LogP contribution in [0.4, 0.5) is 13.2 Å². The van der Waals surface area contributed by atoms with Gasteiger partial charge < -0.3 is 9.88 Å². The summed E-state index contributed by atoms with van der Waals surface area (Å²) in [5.41, 5.74) is -0.0200. The lowest BCUT2D eigenvalue weighted by atomic mass is 10.3. The van der Waals surface area contributed by atoms with Crippen LogP contribution in [0.3, 0.4) is 0 Å². The molecule has 0 saturated carbocycles. The maximum atomic E-state index is 11.9. The number of hydrogen-bond acceptors (Lipinski definition) is 2. The molecule has 0 aliphatic carbocycles. The number of amides is 1. The largest absolute Gasteiger partial charge is 0.405 e. The number of hydrogen-bond donors (Lipinski definition) is 1. The fraction of sp³-hybridized carbons (Fsp3) is 0.400. The highest BCUT2D eigenvalue weighted by molar-refractivity contribution is 9.10. The molecule has 4 nitrogen and oxygen atoms in total. The molecule has 0 fully saturated rings. The molecule has 0 unspecified atom stereocenters. The molecule has 0 bridgehead atoms. The van der Waals surface area contributed by atoms with Crippen molar-refractivity contribution in [3.05, 3.63) is 32.7 Å². The van der Waals surface area contributed by atoms with Crippen molar-refractivity contribution < 1.29 is 18.0 Å². The van der Waals surface area contributed by atoms with E-state index in [-0.39, 0.29) is 0 Å². The van der Waals surface area contributed by atoms with Gasteiger partial charge in [-0.25, -0.2) is 0 Å². The van der Waals surface area contributed by atoms with Gasteiger partial charge >= 0.3 is 6.18 Å². The van der Waals surface area contributed by atoms with Crippen molar-refractivity contribution in [2.45, 2.75) is 19.6 Å². The number of aryl methyl sites for hydroxylation is 1. The number of carbonyl (C=O) groups excluding carboxylic acids is 1. The first-order valence-corrected chi connectivity index (χ1v) is 5.68. The third-order valence-corrected chi connectivity index (χ3v) is 2.47. The summed E-state index contributed by atoms with van der Waals surface area (Å²) in [5.74, 6) is -0.869. The Labute approximate surface area is 109 Å². The fourth-order valence-corrected chi connectivity index (χ4v) is 1.86. The van der Waals surface area contributed by atoms with Crippen LogP contribution < -0.4 is 10.9 Å². The quantitative estimate of drug-likeness (QED) is 0.917. The summed E-state index contributed by atoms with van der Waals surface area (Å²) in [7, 11) is 0. The Hall–Kier alpha value is -1.31. The van der Waals surface area contributed by atoms with Crippen LogP contribution in [-0.2, 0) is 11.3 Å². The molecule has 100 valence electrons. The minimum Gasteiger partial charge on any atom is -0.345 e. The Morgan fingerprint density at radius 1 is 1.50 bits per heavy atom. The zero-order chi connectivity index (χ0) is 13.9. The first-order chi connectivity index (χ1) is 8.19. The third-order valence-electron chi connectivity index (χ3n) is 2.03. The molecule has 1 aromatic heterocycles. The molecule has 0 atom stereocenters. The van der Waals surface area contributed by atoms with Gasteiger partial charge in [-0.05, 0) is 28.9 Å². The van der Waals surface area contributed by atoms with Gasteiger partial charge in [0.15, 0.2) is 0 Å². The monoisotopic (exact) mass is 326 g/mol. The van der Waals surface area contributed by atoms with Gasteiger partial charge in [-0.3, -0.25) is 9.59 Å². The van der Waals surface area contributed by atoms with E-state index in [4.69, 9.17) is 0 Å². The number of alkyl halides is 3. The predicted molar refractivity (Wildman–Crippen MR) is 62.2 cm³/mol. The number of nitrogens with one attached hydrogen (secondary N) is 1. The van der Waals surface area contributed by atoms with Gasteiger partial charge in [-0.1, -0.05) is 0 Å². The molecule has 0 aliphatic heterocycles. The Bertz CT molecular complexity index is 511. The van der Waals surface area contributed by atoms with E-state index in [9.17, 15) is 22.8 Å². The Morgan fingerprint density at radius 3 is 2.67 bits per heavy atom. The van der Waals surface area contributed by atoms with Crippen LogP contribution in [0, 0.1) is 6.92 Å². The standard InChI is InChI=1S/C10H10BrF3N2O2/c1-6-2-7(11)3-16(9(6)18)4-8(17)15-5-10(12,13)14/h2-3H,4-5H2,1H3,(H,15,17). The maximum Gasteiger partial charge on any atom is 0.405 e. The molecule has 18 heavy (non-hydrogen) atoms. The number of nitrogens with zero attached hydrogens (tertiary/aromatic N) is 1. The Kier molecular flexibility index (Phi) is 4.55. The first kappa shape index (κ1) is 14.7. The lowest BCUT2D eigenvalue weighted by Gasteiger charge is -2.10. The second-order valence-electron chi connectivity index (χ2n) is 3.67. The average Bonchev–Trinajstić information content (AvgIpc) is 2.21. The number of halogens is 4. The molecule has 0 aromatic carbocycles. The third kappa shape index (κ3) is 4.52. The minimum atomic E-state index is -4.46. The lowest BCUT2D eigenvalue weighted by molar-refractivity contribution is -0.138.